The van der Waals surface area contributed by atoms with Gasteiger partial charge in [0.2, 0.25) is 0 Å². The summed E-state index contributed by atoms with van der Waals surface area (Å²) in [6.45, 7) is 10.8. The summed E-state index contributed by atoms with van der Waals surface area (Å²) in [6, 6.07) is 12.6. The van der Waals surface area contributed by atoms with Crippen LogP contribution in [0.15, 0.2) is 48.7 Å². The summed E-state index contributed by atoms with van der Waals surface area (Å²) >= 11 is 0. The first kappa shape index (κ1) is 29.9. The summed E-state index contributed by atoms with van der Waals surface area (Å²) in [7, 11) is 1.65. The summed E-state index contributed by atoms with van der Waals surface area (Å²) in [5.41, 5.74) is 4.96. The fourth-order valence-electron chi connectivity index (χ4n) is 5.58. The van der Waals surface area contributed by atoms with Crippen molar-refractivity contribution >= 4 is 10.9 Å². The Morgan fingerprint density at radius 2 is 1.40 bits per heavy atom. The summed E-state index contributed by atoms with van der Waals surface area (Å²) in [6.07, 6.45) is 6.72. The Balaban J connectivity index is 1.77. The molecule has 0 amide bonds. The van der Waals surface area contributed by atoms with Gasteiger partial charge in [-0.2, -0.15) is 0 Å². The maximum Gasteiger partial charge on any atom is 0.167 e. The molecule has 224 valence electrons. The number of phenols is 3. The molecule has 2 heterocycles. The lowest BCUT2D eigenvalue weighted by molar-refractivity contribution is 0.396. The third-order valence-electron chi connectivity index (χ3n) is 8.61. The van der Waals surface area contributed by atoms with Crippen molar-refractivity contribution in [2.45, 2.75) is 66.8 Å². The maximum absolute atomic E-state index is 11.0. The van der Waals surface area contributed by atoms with Crippen LogP contribution < -0.4 is 4.74 Å². The van der Waals surface area contributed by atoms with Crippen molar-refractivity contribution in [2.24, 2.45) is 5.92 Å². The van der Waals surface area contributed by atoms with Crippen molar-refractivity contribution in [2.75, 3.05) is 7.11 Å². The van der Waals surface area contributed by atoms with E-state index in [1.807, 2.05) is 26.0 Å². The number of nitrogens with zero attached hydrogens (tertiary/aromatic N) is 4. The molecule has 8 nitrogen and oxygen atoms in total. The van der Waals surface area contributed by atoms with Crippen LogP contribution in [0.3, 0.4) is 0 Å². The van der Waals surface area contributed by atoms with Crippen molar-refractivity contribution in [3.8, 4) is 57.2 Å². The van der Waals surface area contributed by atoms with E-state index in [-0.39, 0.29) is 23.1 Å². The van der Waals surface area contributed by atoms with E-state index in [1.54, 1.807) is 32.2 Å². The molecular formula is C35H40N4O4. The number of ether oxygens (including phenoxy) is 1. The van der Waals surface area contributed by atoms with Crippen LogP contribution in [0.4, 0.5) is 0 Å². The number of unbranched alkanes of at least 4 members (excludes halogenated alkanes) is 1. The van der Waals surface area contributed by atoms with Gasteiger partial charge in [0.1, 0.15) is 23.0 Å². The molecule has 1 atom stereocenters. The number of hydrogen-bond donors (Lipinski definition) is 3. The zero-order valence-electron chi connectivity index (χ0n) is 25.8. The maximum atomic E-state index is 11.0. The summed E-state index contributed by atoms with van der Waals surface area (Å²) in [5.74, 6) is 2.52. The fourth-order valence-corrected chi connectivity index (χ4v) is 5.58. The summed E-state index contributed by atoms with van der Waals surface area (Å²) in [5, 5.41) is 32.5. The van der Waals surface area contributed by atoms with Gasteiger partial charge < -0.3 is 24.6 Å². The smallest absolute Gasteiger partial charge is 0.167 e. The third-order valence-corrected chi connectivity index (χ3v) is 8.61. The SMILES string of the molecule is CCCCC(CC)Cn1cc(-c2nc(-c3ccc(O)c(C)c3C)nc(-c3ccc(O)c(C)c3O)n2)c2cc(OC)ccc21. The minimum atomic E-state index is -0.0903. The van der Waals surface area contributed by atoms with Gasteiger partial charge >= 0.3 is 0 Å². The van der Waals surface area contributed by atoms with E-state index >= 15 is 0 Å². The Labute approximate surface area is 252 Å². The lowest BCUT2D eigenvalue weighted by Crippen LogP contribution is -2.09. The molecule has 0 spiro atoms. The molecule has 8 heteroatoms. The zero-order valence-corrected chi connectivity index (χ0v) is 25.8. The van der Waals surface area contributed by atoms with Crippen molar-refractivity contribution < 1.29 is 20.1 Å². The molecule has 0 bridgehead atoms. The van der Waals surface area contributed by atoms with Crippen LogP contribution in [-0.2, 0) is 6.54 Å². The Bertz CT molecular complexity index is 1720. The monoisotopic (exact) mass is 580 g/mol. The molecule has 0 saturated heterocycles. The Hall–Kier alpha value is -4.59. The second kappa shape index (κ2) is 12.3. The topological polar surface area (TPSA) is 114 Å². The number of benzene rings is 3. The first-order valence-corrected chi connectivity index (χ1v) is 14.9. The van der Waals surface area contributed by atoms with Gasteiger partial charge in [-0.1, -0.05) is 33.1 Å². The minimum Gasteiger partial charge on any atom is -0.508 e. The van der Waals surface area contributed by atoms with Crippen LogP contribution in [0.25, 0.3) is 45.1 Å². The standard InChI is InChI=1S/C35H40N4O4/c1-7-9-10-23(8-2)18-39-19-28(27-17-24(43-6)11-14-29(27)39)35-37-33(25-12-15-30(40)21(4)20(25)3)36-34(38-35)26-13-16-31(41)22(5)32(26)42/h11-17,19,23,40-42H,7-10,18H2,1-6H3. The van der Waals surface area contributed by atoms with Gasteiger partial charge in [-0.15, -0.1) is 0 Å². The first-order valence-electron chi connectivity index (χ1n) is 14.9. The van der Waals surface area contributed by atoms with E-state index in [0.717, 1.165) is 58.3 Å². The second-order valence-corrected chi connectivity index (χ2v) is 11.3. The molecular weight excluding hydrogens is 540 g/mol. The third kappa shape index (κ3) is 5.74. The fraction of sp³-hybridized carbons (Fsp3) is 0.343. The average molecular weight is 581 g/mol. The van der Waals surface area contributed by atoms with Crippen LogP contribution >= 0.6 is 0 Å². The number of fused-ring (bicyclic) bond motifs is 1. The lowest BCUT2D eigenvalue weighted by Gasteiger charge is -2.16. The van der Waals surface area contributed by atoms with Crippen molar-refractivity contribution in [3.05, 3.63) is 65.4 Å². The molecule has 0 aliphatic carbocycles. The predicted octanol–water partition coefficient (Wildman–Crippen LogP) is 8.09. The molecule has 3 aromatic carbocycles. The first-order chi connectivity index (χ1) is 20.7. The number of phenolic OH excluding ortho intramolecular Hbond substituents is 3. The van der Waals surface area contributed by atoms with Crippen molar-refractivity contribution in [3.63, 3.8) is 0 Å². The number of aromatic hydroxyl groups is 3. The second-order valence-electron chi connectivity index (χ2n) is 11.3. The predicted molar refractivity (Wildman–Crippen MR) is 171 cm³/mol. The lowest BCUT2D eigenvalue weighted by atomic mass is 9.99. The van der Waals surface area contributed by atoms with Crippen LogP contribution in [0.1, 0.15) is 56.2 Å². The Morgan fingerprint density at radius 1 is 0.767 bits per heavy atom. The molecule has 0 saturated carbocycles. The van der Waals surface area contributed by atoms with E-state index in [0.29, 0.717) is 28.7 Å². The minimum absolute atomic E-state index is 0.00975. The number of methoxy groups -OCH3 is 1. The van der Waals surface area contributed by atoms with E-state index in [1.165, 1.54) is 18.9 Å². The molecule has 5 rings (SSSR count). The Kier molecular flexibility index (Phi) is 8.57. The number of hydrogen-bond acceptors (Lipinski definition) is 7. The molecule has 0 aliphatic heterocycles. The van der Waals surface area contributed by atoms with Gasteiger partial charge in [0.15, 0.2) is 17.5 Å². The van der Waals surface area contributed by atoms with Gasteiger partial charge in [0, 0.05) is 40.3 Å². The van der Waals surface area contributed by atoms with E-state index in [9.17, 15) is 15.3 Å². The summed E-state index contributed by atoms with van der Waals surface area (Å²) in [4.78, 5) is 14.7. The molecule has 5 aromatic rings. The van der Waals surface area contributed by atoms with Gasteiger partial charge in [0.25, 0.3) is 0 Å². The summed E-state index contributed by atoms with van der Waals surface area (Å²) < 4.78 is 7.89. The van der Waals surface area contributed by atoms with E-state index in [4.69, 9.17) is 19.7 Å². The normalized spacial score (nSPS) is 12.1. The quantitative estimate of drug-likeness (QED) is 0.153. The zero-order chi connectivity index (χ0) is 30.8. The van der Waals surface area contributed by atoms with Gasteiger partial charge in [-0.05, 0) is 86.7 Å². The van der Waals surface area contributed by atoms with Crippen LogP contribution in [0.2, 0.25) is 0 Å². The average Bonchev–Trinajstić information content (AvgIpc) is 3.37. The van der Waals surface area contributed by atoms with Gasteiger partial charge in [0.05, 0.1) is 12.7 Å². The van der Waals surface area contributed by atoms with E-state index < -0.39 is 0 Å². The number of aromatic nitrogens is 4. The molecule has 0 aliphatic rings. The highest BCUT2D eigenvalue weighted by Crippen LogP contribution is 2.39. The van der Waals surface area contributed by atoms with Gasteiger partial charge in [-0.3, -0.25) is 0 Å². The number of rotatable bonds is 10. The molecule has 0 radical (unpaired) electrons. The highest BCUT2D eigenvalue weighted by Gasteiger charge is 2.22. The Morgan fingerprint density at radius 3 is 2.05 bits per heavy atom. The molecule has 43 heavy (non-hydrogen) atoms. The van der Waals surface area contributed by atoms with E-state index in [2.05, 4.69) is 30.7 Å². The van der Waals surface area contributed by atoms with Crippen LogP contribution in [-0.4, -0.2) is 41.9 Å². The highest BCUT2D eigenvalue weighted by molar-refractivity contribution is 5.96. The largest absolute Gasteiger partial charge is 0.508 e. The molecule has 0 fully saturated rings. The highest BCUT2D eigenvalue weighted by atomic mass is 16.5. The van der Waals surface area contributed by atoms with Crippen molar-refractivity contribution in [1.82, 2.24) is 19.5 Å². The van der Waals surface area contributed by atoms with Crippen LogP contribution in [0.5, 0.6) is 23.0 Å². The van der Waals surface area contributed by atoms with Gasteiger partial charge in [-0.25, -0.2) is 15.0 Å². The molecule has 3 N–H and O–H groups in total. The molecule has 1 unspecified atom stereocenters. The van der Waals surface area contributed by atoms with Crippen molar-refractivity contribution in [1.29, 1.82) is 0 Å². The van der Waals surface area contributed by atoms with Crippen LogP contribution in [0, 0.1) is 26.7 Å². The molecule has 2 aromatic heterocycles.